The number of benzene rings is 1. The Balaban J connectivity index is 0.000000145. The minimum absolute atomic E-state index is 1.00. The first-order valence-corrected chi connectivity index (χ1v) is 4.68. The largest absolute Gasteiger partial charge is 0.381 e. The van der Waals surface area contributed by atoms with Gasteiger partial charge >= 0.3 is 0 Å². The Hall–Kier alpha value is -1.08. The third-order valence-corrected chi connectivity index (χ3v) is 1.86. The lowest BCUT2D eigenvalue weighted by Crippen LogP contribution is -1.74. The fraction of sp³-hybridized carbons (Fsp3) is 0.333. The summed E-state index contributed by atoms with van der Waals surface area (Å²) in [6, 6.07) is 10.0. The Morgan fingerprint density at radius 2 is 1.69 bits per heavy atom. The van der Waals surface area contributed by atoms with Crippen molar-refractivity contribution in [1.82, 2.24) is 0 Å². The zero-order valence-electron chi connectivity index (χ0n) is 7.91. The molecule has 0 radical (unpaired) electrons. The van der Waals surface area contributed by atoms with Crippen LogP contribution in [0.15, 0.2) is 36.9 Å². The van der Waals surface area contributed by atoms with E-state index in [2.05, 4.69) is 6.58 Å². The smallest absolute Gasteiger partial charge is 0.0466 e. The van der Waals surface area contributed by atoms with E-state index in [4.69, 9.17) is 4.74 Å². The zero-order chi connectivity index (χ0) is 9.36. The van der Waals surface area contributed by atoms with Crippen LogP contribution in [0.2, 0.25) is 0 Å². The van der Waals surface area contributed by atoms with E-state index in [-0.39, 0.29) is 0 Å². The quantitative estimate of drug-likeness (QED) is 0.638. The van der Waals surface area contributed by atoms with Crippen LogP contribution in [0, 0.1) is 0 Å². The van der Waals surface area contributed by atoms with Crippen LogP contribution in [-0.2, 0) is 4.74 Å². The summed E-state index contributed by atoms with van der Waals surface area (Å²) in [5, 5.41) is 0. The van der Waals surface area contributed by atoms with Crippen LogP contribution in [0.4, 0.5) is 0 Å². The highest BCUT2D eigenvalue weighted by atomic mass is 16.5. The van der Waals surface area contributed by atoms with E-state index in [1.54, 1.807) is 0 Å². The molecule has 1 aliphatic rings. The lowest BCUT2D eigenvalue weighted by atomic mass is 10.2. The molecular formula is C12H16O. The van der Waals surface area contributed by atoms with Gasteiger partial charge in [0.2, 0.25) is 0 Å². The van der Waals surface area contributed by atoms with Crippen LogP contribution in [0.3, 0.4) is 0 Å². The van der Waals surface area contributed by atoms with Crippen LogP contribution in [0.5, 0.6) is 0 Å². The normalized spacial score (nSPS) is 14.5. The number of hydrogen-bond donors (Lipinski definition) is 0. The third-order valence-electron chi connectivity index (χ3n) is 1.86. The van der Waals surface area contributed by atoms with Gasteiger partial charge in [0, 0.05) is 13.2 Å². The summed E-state index contributed by atoms with van der Waals surface area (Å²) in [5.41, 5.74) is 1.17. The van der Waals surface area contributed by atoms with Gasteiger partial charge in [0.15, 0.2) is 0 Å². The molecule has 0 amide bonds. The fourth-order valence-corrected chi connectivity index (χ4v) is 1.10. The van der Waals surface area contributed by atoms with E-state index in [1.807, 2.05) is 36.4 Å². The summed E-state index contributed by atoms with van der Waals surface area (Å²) < 4.78 is 4.94. The van der Waals surface area contributed by atoms with Crippen LogP contribution in [-0.4, -0.2) is 13.2 Å². The number of hydrogen-bond acceptors (Lipinski definition) is 1. The SMILES string of the molecule is C1CCOC1.C=Cc1ccccc1. The predicted molar refractivity (Wildman–Crippen MR) is 56.6 cm³/mol. The van der Waals surface area contributed by atoms with E-state index < -0.39 is 0 Å². The average Bonchev–Trinajstić information content (AvgIpc) is 2.77. The van der Waals surface area contributed by atoms with Crippen molar-refractivity contribution in [3.63, 3.8) is 0 Å². The lowest BCUT2D eigenvalue weighted by Gasteiger charge is -1.85. The Labute approximate surface area is 80.0 Å². The van der Waals surface area contributed by atoms with Crippen molar-refractivity contribution in [3.05, 3.63) is 42.5 Å². The summed E-state index contributed by atoms with van der Waals surface area (Å²) >= 11 is 0. The van der Waals surface area contributed by atoms with Crippen molar-refractivity contribution in [1.29, 1.82) is 0 Å². The van der Waals surface area contributed by atoms with Crippen molar-refractivity contribution in [2.45, 2.75) is 12.8 Å². The zero-order valence-corrected chi connectivity index (χ0v) is 7.91. The molecule has 1 fully saturated rings. The maximum Gasteiger partial charge on any atom is 0.0466 e. The topological polar surface area (TPSA) is 9.23 Å². The molecule has 0 aliphatic carbocycles. The molecule has 0 atom stereocenters. The highest BCUT2D eigenvalue weighted by Gasteiger charge is 1.94. The summed E-state index contributed by atoms with van der Waals surface area (Å²) in [6.07, 6.45) is 4.39. The highest BCUT2D eigenvalue weighted by Crippen LogP contribution is 1.98. The Kier molecular flexibility index (Phi) is 4.95. The van der Waals surface area contributed by atoms with Gasteiger partial charge in [0.1, 0.15) is 0 Å². The minimum Gasteiger partial charge on any atom is -0.381 e. The van der Waals surface area contributed by atoms with Crippen LogP contribution < -0.4 is 0 Å². The molecule has 0 bridgehead atoms. The number of ether oxygens (including phenoxy) is 1. The van der Waals surface area contributed by atoms with Gasteiger partial charge in [-0.1, -0.05) is 43.0 Å². The molecule has 0 unspecified atom stereocenters. The van der Waals surface area contributed by atoms with Crippen LogP contribution in [0.1, 0.15) is 18.4 Å². The van der Waals surface area contributed by atoms with E-state index in [9.17, 15) is 0 Å². The van der Waals surface area contributed by atoms with Crippen LogP contribution in [0.25, 0.3) is 6.08 Å². The first kappa shape index (κ1) is 10.0. The highest BCUT2D eigenvalue weighted by molar-refractivity contribution is 5.45. The van der Waals surface area contributed by atoms with E-state index >= 15 is 0 Å². The minimum atomic E-state index is 1.00. The summed E-state index contributed by atoms with van der Waals surface area (Å²) in [6.45, 7) is 5.63. The molecule has 0 N–H and O–H groups in total. The maximum absolute atomic E-state index is 4.94. The lowest BCUT2D eigenvalue weighted by molar-refractivity contribution is 0.198. The van der Waals surface area contributed by atoms with Gasteiger partial charge in [-0.05, 0) is 18.4 Å². The molecule has 13 heavy (non-hydrogen) atoms. The van der Waals surface area contributed by atoms with Gasteiger partial charge in [-0.2, -0.15) is 0 Å². The molecule has 0 saturated carbocycles. The standard InChI is InChI=1S/C8H8.C4H8O/c1-2-8-6-4-3-5-7-8;1-2-4-5-3-1/h2-7H,1H2;1-4H2. The van der Waals surface area contributed by atoms with Gasteiger partial charge in [-0.3, -0.25) is 0 Å². The summed E-state index contributed by atoms with van der Waals surface area (Å²) in [7, 11) is 0. The third kappa shape index (κ3) is 4.48. The van der Waals surface area contributed by atoms with Gasteiger partial charge in [0.05, 0.1) is 0 Å². The van der Waals surface area contributed by atoms with Crippen molar-refractivity contribution in [3.8, 4) is 0 Å². The van der Waals surface area contributed by atoms with Gasteiger partial charge in [-0.15, -0.1) is 0 Å². The molecule has 1 aromatic carbocycles. The monoisotopic (exact) mass is 176 g/mol. The van der Waals surface area contributed by atoms with Gasteiger partial charge in [-0.25, -0.2) is 0 Å². The van der Waals surface area contributed by atoms with Crippen molar-refractivity contribution >= 4 is 6.08 Å². The second kappa shape index (κ2) is 6.44. The molecule has 1 nitrogen and oxygen atoms in total. The molecule has 1 heterocycles. The van der Waals surface area contributed by atoms with E-state index in [0.717, 1.165) is 13.2 Å². The Morgan fingerprint density at radius 3 is 2.00 bits per heavy atom. The predicted octanol–water partition coefficient (Wildman–Crippen LogP) is 3.13. The molecule has 1 aromatic rings. The maximum atomic E-state index is 4.94. The van der Waals surface area contributed by atoms with E-state index in [0.29, 0.717) is 0 Å². The molecule has 2 rings (SSSR count). The molecular weight excluding hydrogens is 160 g/mol. The summed E-state index contributed by atoms with van der Waals surface area (Å²) in [5.74, 6) is 0. The Bertz CT molecular complexity index is 217. The first-order chi connectivity index (χ1) is 6.43. The van der Waals surface area contributed by atoms with Crippen LogP contribution >= 0.6 is 0 Å². The average molecular weight is 176 g/mol. The molecule has 0 spiro atoms. The molecule has 1 heteroatoms. The first-order valence-electron chi connectivity index (χ1n) is 4.68. The number of rotatable bonds is 1. The molecule has 1 saturated heterocycles. The van der Waals surface area contributed by atoms with Crippen molar-refractivity contribution in [2.24, 2.45) is 0 Å². The second-order valence-electron chi connectivity index (χ2n) is 2.93. The molecule has 70 valence electrons. The van der Waals surface area contributed by atoms with Crippen molar-refractivity contribution in [2.75, 3.05) is 13.2 Å². The van der Waals surface area contributed by atoms with E-state index in [1.165, 1.54) is 18.4 Å². The van der Waals surface area contributed by atoms with Gasteiger partial charge in [0.25, 0.3) is 0 Å². The van der Waals surface area contributed by atoms with Gasteiger partial charge < -0.3 is 4.74 Å². The van der Waals surface area contributed by atoms with Crippen molar-refractivity contribution < 1.29 is 4.74 Å². The fourth-order valence-electron chi connectivity index (χ4n) is 1.10. The molecule has 0 aromatic heterocycles. The summed E-state index contributed by atoms with van der Waals surface area (Å²) in [4.78, 5) is 0. The Morgan fingerprint density at radius 1 is 1.08 bits per heavy atom. The molecule has 1 aliphatic heterocycles. The second-order valence-corrected chi connectivity index (χ2v) is 2.93.